The summed E-state index contributed by atoms with van der Waals surface area (Å²) in [6.45, 7) is 8.55. The maximum Gasteiger partial charge on any atom is 0.230 e. The summed E-state index contributed by atoms with van der Waals surface area (Å²) < 4.78 is 8.07. The molecule has 4 heteroatoms. The number of hydrogen-bond acceptors (Lipinski definition) is 2. The van der Waals surface area contributed by atoms with Crippen LogP contribution in [0.25, 0.3) is 10.9 Å². The highest BCUT2D eigenvalue weighted by molar-refractivity contribution is 5.95. The largest absolute Gasteiger partial charge is 0.496 e. The number of fused-ring (bicyclic) bond motifs is 3. The van der Waals surface area contributed by atoms with Crippen LogP contribution in [0.15, 0.2) is 42.5 Å². The molecule has 0 fully saturated rings. The number of methoxy groups -OCH3 is 1. The first-order chi connectivity index (χ1) is 14.6. The number of benzene rings is 2. The van der Waals surface area contributed by atoms with Gasteiger partial charge in [-0.15, -0.1) is 0 Å². The molecule has 1 unspecified atom stereocenters. The van der Waals surface area contributed by atoms with Crippen molar-refractivity contribution in [2.75, 3.05) is 20.2 Å². The van der Waals surface area contributed by atoms with Crippen LogP contribution >= 0.6 is 0 Å². The maximum absolute atomic E-state index is 13.4. The van der Waals surface area contributed by atoms with Crippen LogP contribution in [-0.4, -0.2) is 35.6 Å². The lowest BCUT2D eigenvalue weighted by molar-refractivity contribution is -0.132. The van der Waals surface area contributed by atoms with Gasteiger partial charge in [-0.2, -0.15) is 0 Å². The fourth-order valence-corrected chi connectivity index (χ4v) is 5.01. The lowest BCUT2D eigenvalue weighted by Crippen LogP contribution is -2.36. The third-order valence-electron chi connectivity index (χ3n) is 6.54. The highest BCUT2D eigenvalue weighted by atomic mass is 16.5. The molecular weight excluding hydrogens is 372 g/mol. The summed E-state index contributed by atoms with van der Waals surface area (Å²) in [5.74, 6) is 1.12. The van der Waals surface area contributed by atoms with Crippen molar-refractivity contribution in [3.63, 3.8) is 0 Å². The van der Waals surface area contributed by atoms with Crippen LogP contribution in [0.5, 0.6) is 5.75 Å². The number of nitrogens with zero attached hydrogens (tertiary/aromatic N) is 2. The van der Waals surface area contributed by atoms with Gasteiger partial charge < -0.3 is 14.2 Å². The van der Waals surface area contributed by atoms with Crippen molar-refractivity contribution in [1.29, 1.82) is 0 Å². The summed E-state index contributed by atoms with van der Waals surface area (Å²) in [6, 6.07) is 15.0. The summed E-state index contributed by atoms with van der Waals surface area (Å²) in [7, 11) is 1.73. The molecule has 1 aromatic heterocycles. The molecule has 1 amide bonds. The van der Waals surface area contributed by atoms with Gasteiger partial charge in [0.1, 0.15) is 5.75 Å². The fraction of sp³-hybridized carbons (Fsp3) is 0.423. The van der Waals surface area contributed by atoms with Crippen molar-refractivity contribution >= 4 is 16.8 Å². The zero-order valence-corrected chi connectivity index (χ0v) is 18.6. The van der Waals surface area contributed by atoms with E-state index in [2.05, 4.69) is 67.8 Å². The number of amides is 1. The minimum Gasteiger partial charge on any atom is -0.496 e. The highest BCUT2D eigenvalue weighted by Crippen LogP contribution is 2.42. The molecule has 4 rings (SSSR count). The van der Waals surface area contributed by atoms with Gasteiger partial charge >= 0.3 is 0 Å². The quantitative estimate of drug-likeness (QED) is 0.559. The minimum absolute atomic E-state index is 0.0547. The van der Waals surface area contributed by atoms with E-state index in [1.54, 1.807) is 7.11 Å². The lowest BCUT2D eigenvalue weighted by Gasteiger charge is -2.29. The van der Waals surface area contributed by atoms with Crippen molar-refractivity contribution in [1.82, 2.24) is 9.47 Å². The predicted molar refractivity (Wildman–Crippen MR) is 122 cm³/mol. The smallest absolute Gasteiger partial charge is 0.230 e. The van der Waals surface area contributed by atoms with Gasteiger partial charge in [0.05, 0.1) is 18.5 Å². The van der Waals surface area contributed by atoms with E-state index < -0.39 is 0 Å². The summed E-state index contributed by atoms with van der Waals surface area (Å²) in [6.07, 6.45) is 2.99. The number of aryl methyl sites for hydroxylation is 1. The predicted octanol–water partition coefficient (Wildman–Crippen LogP) is 5.29. The van der Waals surface area contributed by atoms with Gasteiger partial charge in [-0.1, -0.05) is 30.3 Å². The number of carbonyl (C=O) groups is 1. The molecule has 1 heterocycles. The standard InChI is InChI=1S/C26H32N2O2/c1-5-27(6-2)26(29)20-13-10-14-22-25(20)21-15-18(3)24(30-4)16-23(21)28(22)17-19-11-8-7-9-12-19/h7-9,11-12,15-16,20H,5-6,10,13-14,17H2,1-4H3. The van der Waals surface area contributed by atoms with Gasteiger partial charge in [-0.25, -0.2) is 0 Å². The average molecular weight is 405 g/mol. The Labute approximate surface area is 179 Å². The Kier molecular flexibility index (Phi) is 5.85. The van der Waals surface area contributed by atoms with Crippen molar-refractivity contribution in [2.45, 2.75) is 52.5 Å². The zero-order valence-electron chi connectivity index (χ0n) is 18.6. The van der Waals surface area contributed by atoms with E-state index in [-0.39, 0.29) is 11.8 Å². The van der Waals surface area contributed by atoms with Crippen molar-refractivity contribution in [3.05, 3.63) is 64.8 Å². The second kappa shape index (κ2) is 8.55. The number of ether oxygens (including phenoxy) is 1. The van der Waals surface area contributed by atoms with Gasteiger partial charge in [0, 0.05) is 36.8 Å². The monoisotopic (exact) mass is 404 g/mol. The first-order valence-electron chi connectivity index (χ1n) is 11.1. The van der Waals surface area contributed by atoms with E-state index in [4.69, 9.17) is 4.74 Å². The summed E-state index contributed by atoms with van der Waals surface area (Å²) in [4.78, 5) is 15.4. The lowest BCUT2D eigenvalue weighted by atomic mass is 9.83. The molecule has 1 aliphatic rings. The molecule has 0 bridgehead atoms. The van der Waals surface area contributed by atoms with E-state index in [0.717, 1.165) is 50.2 Å². The number of aromatic nitrogens is 1. The van der Waals surface area contributed by atoms with Crippen LogP contribution in [-0.2, 0) is 17.8 Å². The molecule has 1 aliphatic carbocycles. The first kappa shape index (κ1) is 20.5. The van der Waals surface area contributed by atoms with E-state index in [0.29, 0.717) is 0 Å². The Morgan fingerprint density at radius 2 is 1.90 bits per heavy atom. The van der Waals surface area contributed by atoms with Crippen LogP contribution in [0.2, 0.25) is 0 Å². The third kappa shape index (κ3) is 3.49. The topological polar surface area (TPSA) is 34.5 Å². The van der Waals surface area contributed by atoms with Gasteiger partial charge in [0.25, 0.3) is 0 Å². The molecule has 0 N–H and O–H groups in total. The Balaban J connectivity index is 1.92. The maximum atomic E-state index is 13.4. The van der Waals surface area contributed by atoms with Crippen LogP contribution in [0, 0.1) is 6.92 Å². The highest BCUT2D eigenvalue weighted by Gasteiger charge is 2.34. The second-order valence-electron chi connectivity index (χ2n) is 8.23. The molecule has 158 valence electrons. The third-order valence-corrected chi connectivity index (χ3v) is 6.54. The molecule has 1 atom stereocenters. The minimum atomic E-state index is -0.0547. The first-order valence-corrected chi connectivity index (χ1v) is 11.1. The van der Waals surface area contributed by atoms with Crippen LogP contribution in [0.4, 0.5) is 0 Å². The van der Waals surface area contributed by atoms with Gasteiger partial charge in [-0.3, -0.25) is 4.79 Å². The van der Waals surface area contributed by atoms with Crippen molar-refractivity contribution < 1.29 is 9.53 Å². The number of carbonyl (C=O) groups excluding carboxylic acids is 1. The molecular formula is C26H32N2O2. The SMILES string of the molecule is CCN(CC)C(=O)C1CCCc2c1c1cc(C)c(OC)cc1n2Cc1ccccc1. The van der Waals surface area contributed by atoms with Gasteiger partial charge in [0.15, 0.2) is 0 Å². The number of hydrogen-bond donors (Lipinski definition) is 0. The molecule has 2 aromatic carbocycles. The van der Waals surface area contributed by atoms with Crippen molar-refractivity contribution in [3.8, 4) is 5.75 Å². The molecule has 0 spiro atoms. The Morgan fingerprint density at radius 1 is 1.17 bits per heavy atom. The molecule has 0 saturated carbocycles. The summed E-state index contributed by atoms with van der Waals surface area (Å²) in [5.41, 5.74) is 6.12. The van der Waals surface area contributed by atoms with E-state index in [1.165, 1.54) is 27.7 Å². The average Bonchev–Trinajstić information content (AvgIpc) is 3.07. The van der Waals surface area contributed by atoms with Gasteiger partial charge in [0.2, 0.25) is 5.91 Å². The zero-order chi connectivity index (χ0) is 21.3. The second-order valence-corrected chi connectivity index (χ2v) is 8.23. The molecule has 30 heavy (non-hydrogen) atoms. The van der Waals surface area contributed by atoms with Crippen LogP contribution < -0.4 is 4.74 Å². The number of likely N-dealkylation sites (N-methyl/N-ethyl adjacent to an activating group) is 1. The van der Waals surface area contributed by atoms with E-state index >= 15 is 0 Å². The molecule has 0 saturated heterocycles. The molecule has 3 aromatic rings. The van der Waals surface area contributed by atoms with Gasteiger partial charge in [-0.05, 0) is 62.8 Å². The summed E-state index contributed by atoms with van der Waals surface area (Å²) in [5, 5.41) is 1.21. The number of rotatable bonds is 6. The molecule has 0 radical (unpaired) electrons. The Hall–Kier alpha value is -2.75. The Bertz CT molecular complexity index is 1050. The van der Waals surface area contributed by atoms with Crippen LogP contribution in [0.3, 0.4) is 0 Å². The molecule has 0 aliphatic heterocycles. The van der Waals surface area contributed by atoms with E-state index in [1.807, 2.05) is 4.90 Å². The summed E-state index contributed by atoms with van der Waals surface area (Å²) >= 11 is 0. The Morgan fingerprint density at radius 3 is 2.57 bits per heavy atom. The van der Waals surface area contributed by atoms with Crippen molar-refractivity contribution in [2.24, 2.45) is 0 Å². The fourth-order valence-electron chi connectivity index (χ4n) is 5.01. The van der Waals surface area contributed by atoms with E-state index in [9.17, 15) is 4.79 Å². The van der Waals surface area contributed by atoms with Crippen LogP contribution in [0.1, 0.15) is 55.0 Å². The molecule has 4 nitrogen and oxygen atoms in total. The normalized spacial score (nSPS) is 15.8.